The van der Waals surface area contributed by atoms with Crippen molar-refractivity contribution in [2.24, 2.45) is 17.8 Å². The Morgan fingerprint density at radius 3 is 2.36 bits per heavy atom. The molecule has 14 heavy (non-hydrogen) atoms. The Morgan fingerprint density at radius 2 is 1.86 bits per heavy atom. The largest absolute Gasteiger partial charge is 0.481 e. The molecule has 0 saturated heterocycles. The van der Waals surface area contributed by atoms with Crippen LogP contribution in [-0.2, 0) is 4.79 Å². The van der Waals surface area contributed by atoms with Gasteiger partial charge >= 0.3 is 5.97 Å². The lowest BCUT2D eigenvalue weighted by Gasteiger charge is -2.19. The lowest BCUT2D eigenvalue weighted by molar-refractivity contribution is -0.141. The van der Waals surface area contributed by atoms with Crippen molar-refractivity contribution in [3.05, 3.63) is 0 Å². The van der Waals surface area contributed by atoms with Crippen LogP contribution in [0.5, 0.6) is 0 Å². The second-order valence-electron chi connectivity index (χ2n) is 4.84. The van der Waals surface area contributed by atoms with Gasteiger partial charge in [-0.05, 0) is 24.7 Å². The number of hydrogen-bond donors (Lipinski definition) is 1. The maximum atomic E-state index is 10.6. The van der Waals surface area contributed by atoms with Crippen LogP contribution in [0.2, 0.25) is 0 Å². The molecule has 2 unspecified atom stereocenters. The minimum Gasteiger partial charge on any atom is -0.481 e. The first-order chi connectivity index (χ1) is 6.61. The summed E-state index contributed by atoms with van der Waals surface area (Å²) in [5.74, 6) is 0.776. The van der Waals surface area contributed by atoms with E-state index in [2.05, 4.69) is 6.92 Å². The zero-order chi connectivity index (χ0) is 10.6. The third kappa shape index (κ3) is 3.32. The molecule has 0 bridgehead atoms. The van der Waals surface area contributed by atoms with Gasteiger partial charge in [0.2, 0.25) is 0 Å². The van der Waals surface area contributed by atoms with Gasteiger partial charge in [-0.25, -0.2) is 0 Å². The smallest absolute Gasteiger partial charge is 0.306 e. The highest BCUT2D eigenvalue weighted by molar-refractivity contribution is 5.69. The molecule has 0 radical (unpaired) electrons. The van der Waals surface area contributed by atoms with Gasteiger partial charge in [0.15, 0.2) is 0 Å². The van der Waals surface area contributed by atoms with E-state index in [0.29, 0.717) is 0 Å². The Kier molecular flexibility index (Phi) is 4.43. The molecule has 2 heteroatoms. The fraction of sp³-hybridized carbons (Fsp3) is 0.917. The number of aliphatic carboxylic acids is 1. The first-order valence-corrected chi connectivity index (χ1v) is 5.84. The van der Waals surface area contributed by atoms with Gasteiger partial charge < -0.3 is 5.11 Å². The molecule has 2 atom stereocenters. The van der Waals surface area contributed by atoms with Crippen LogP contribution in [0.4, 0.5) is 0 Å². The average molecular weight is 198 g/mol. The molecular formula is C12H22O2. The summed E-state index contributed by atoms with van der Waals surface area (Å²) in [5.41, 5.74) is 0. The molecule has 1 saturated carbocycles. The van der Waals surface area contributed by atoms with Crippen LogP contribution in [0.3, 0.4) is 0 Å². The summed E-state index contributed by atoms with van der Waals surface area (Å²) in [6.07, 6.45) is 7.41. The summed E-state index contributed by atoms with van der Waals surface area (Å²) < 4.78 is 0. The topological polar surface area (TPSA) is 37.3 Å². The standard InChI is InChI=1S/C12H22O2/c1-9(11-5-3-4-6-11)7-8-10(2)12(13)14/h9-11H,3-8H2,1-2H3,(H,13,14). The van der Waals surface area contributed by atoms with Crippen LogP contribution in [-0.4, -0.2) is 11.1 Å². The molecule has 1 rings (SSSR count). The van der Waals surface area contributed by atoms with E-state index in [1.165, 1.54) is 25.7 Å². The van der Waals surface area contributed by atoms with Crippen LogP contribution in [0.25, 0.3) is 0 Å². The van der Waals surface area contributed by atoms with Crippen molar-refractivity contribution >= 4 is 5.97 Å². The summed E-state index contributed by atoms with van der Waals surface area (Å²) in [7, 11) is 0. The van der Waals surface area contributed by atoms with Gasteiger partial charge in [-0.3, -0.25) is 4.79 Å². The highest BCUT2D eigenvalue weighted by Crippen LogP contribution is 2.33. The Balaban J connectivity index is 2.19. The monoisotopic (exact) mass is 198 g/mol. The van der Waals surface area contributed by atoms with Crippen molar-refractivity contribution in [3.63, 3.8) is 0 Å². The molecule has 0 heterocycles. The molecule has 0 aromatic carbocycles. The number of carboxylic acid groups (broad SMARTS) is 1. The van der Waals surface area contributed by atoms with Gasteiger partial charge in [-0.1, -0.05) is 39.5 Å². The fourth-order valence-corrected chi connectivity index (χ4v) is 2.40. The van der Waals surface area contributed by atoms with Gasteiger partial charge in [-0.2, -0.15) is 0 Å². The highest BCUT2D eigenvalue weighted by Gasteiger charge is 2.22. The lowest BCUT2D eigenvalue weighted by Crippen LogP contribution is -2.13. The maximum absolute atomic E-state index is 10.6. The van der Waals surface area contributed by atoms with Crippen LogP contribution in [0.15, 0.2) is 0 Å². The first kappa shape index (κ1) is 11.5. The van der Waals surface area contributed by atoms with Gasteiger partial charge in [0, 0.05) is 0 Å². The zero-order valence-electron chi connectivity index (χ0n) is 9.33. The summed E-state index contributed by atoms with van der Waals surface area (Å²) >= 11 is 0. The van der Waals surface area contributed by atoms with Crippen molar-refractivity contribution in [2.75, 3.05) is 0 Å². The van der Waals surface area contributed by atoms with Crippen LogP contribution in [0, 0.1) is 17.8 Å². The molecular weight excluding hydrogens is 176 g/mol. The van der Waals surface area contributed by atoms with Gasteiger partial charge in [0.05, 0.1) is 5.92 Å². The quantitative estimate of drug-likeness (QED) is 0.735. The Labute approximate surface area is 86.7 Å². The molecule has 0 amide bonds. The molecule has 0 aromatic rings. The number of hydrogen-bond acceptors (Lipinski definition) is 1. The average Bonchev–Trinajstić information content (AvgIpc) is 2.66. The third-order valence-electron chi connectivity index (χ3n) is 3.68. The van der Waals surface area contributed by atoms with Crippen molar-refractivity contribution in [3.8, 4) is 0 Å². The van der Waals surface area contributed by atoms with Gasteiger partial charge in [-0.15, -0.1) is 0 Å². The van der Waals surface area contributed by atoms with Crippen LogP contribution in [0.1, 0.15) is 52.4 Å². The van der Waals surface area contributed by atoms with Crippen LogP contribution < -0.4 is 0 Å². The van der Waals surface area contributed by atoms with Crippen LogP contribution >= 0.6 is 0 Å². The minimum atomic E-state index is -0.649. The predicted octanol–water partition coefficient (Wildman–Crippen LogP) is 3.31. The molecule has 1 fully saturated rings. The van der Waals surface area contributed by atoms with E-state index in [9.17, 15) is 4.79 Å². The van der Waals surface area contributed by atoms with Crippen molar-refractivity contribution in [1.29, 1.82) is 0 Å². The highest BCUT2D eigenvalue weighted by atomic mass is 16.4. The summed E-state index contributed by atoms with van der Waals surface area (Å²) in [6.45, 7) is 4.09. The SMILES string of the molecule is CC(CCC(C)C1CCCC1)C(=O)O. The minimum absolute atomic E-state index is 0.168. The first-order valence-electron chi connectivity index (χ1n) is 5.84. The van der Waals surface area contributed by atoms with Crippen molar-refractivity contribution < 1.29 is 9.90 Å². The van der Waals surface area contributed by atoms with E-state index < -0.39 is 5.97 Å². The van der Waals surface area contributed by atoms with E-state index in [4.69, 9.17) is 5.11 Å². The molecule has 0 aliphatic heterocycles. The second kappa shape index (κ2) is 5.38. The molecule has 82 valence electrons. The number of carboxylic acids is 1. The maximum Gasteiger partial charge on any atom is 0.306 e. The second-order valence-corrected chi connectivity index (χ2v) is 4.84. The zero-order valence-corrected chi connectivity index (χ0v) is 9.33. The van der Waals surface area contributed by atoms with E-state index in [1.807, 2.05) is 6.92 Å². The predicted molar refractivity (Wildman–Crippen MR) is 57.2 cm³/mol. The Hall–Kier alpha value is -0.530. The molecule has 0 spiro atoms. The normalized spacial score (nSPS) is 22.1. The van der Waals surface area contributed by atoms with E-state index in [-0.39, 0.29) is 5.92 Å². The van der Waals surface area contributed by atoms with Crippen molar-refractivity contribution in [2.45, 2.75) is 52.4 Å². The summed E-state index contributed by atoms with van der Waals surface area (Å²) in [6, 6.07) is 0. The number of rotatable bonds is 5. The molecule has 1 aliphatic carbocycles. The molecule has 1 N–H and O–H groups in total. The summed E-state index contributed by atoms with van der Waals surface area (Å²) in [4.78, 5) is 10.6. The van der Waals surface area contributed by atoms with Crippen molar-refractivity contribution in [1.82, 2.24) is 0 Å². The third-order valence-corrected chi connectivity index (χ3v) is 3.68. The molecule has 2 nitrogen and oxygen atoms in total. The fourth-order valence-electron chi connectivity index (χ4n) is 2.40. The summed E-state index contributed by atoms with van der Waals surface area (Å²) in [5, 5.41) is 8.76. The Morgan fingerprint density at radius 1 is 1.29 bits per heavy atom. The van der Waals surface area contributed by atoms with Gasteiger partial charge in [0.25, 0.3) is 0 Å². The molecule has 1 aliphatic rings. The Bertz CT molecular complexity index is 183. The van der Waals surface area contributed by atoms with E-state index in [1.54, 1.807) is 0 Å². The van der Waals surface area contributed by atoms with E-state index >= 15 is 0 Å². The number of carbonyl (C=O) groups is 1. The van der Waals surface area contributed by atoms with E-state index in [0.717, 1.165) is 24.7 Å². The molecule has 0 aromatic heterocycles. The lowest BCUT2D eigenvalue weighted by atomic mass is 9.87. The van der Waals surface area contributed by atoms with Gasteiger partial charge in [0.1, 0.15) is 0 Å².